The van der Waals surface area contributed by atoms with Crippen LogP contribution in [-0.4, -0.2) is 36.9 Å². The summed E-state index contributed by atoms with van der Waals surface area (Å²) in [5.74, 6) is -0.159. The standard InChI is InChI=1S/C14H14N2O3S/c17-14(16-11-6-8-20(18,19)9-11)13-12-4-2-1-3-10(12)5-7-15-13/h1-5,7,11H,6,8-9H2,(H,16,17). The zero-order chi connectivity index (χ0) is 14.2. The van der Waals surface area contributed by atoms with Gasteiger partial charge in [0.25, 0.3) is 5.91 Å². The number of sulfone groups is 1. The number of hydrogen-bond donors (Lipinski definition) is 1. The van der Waals surface area contributed by atoms with E-state index in [1.165, 1.54) is 0 Å². The van der Waals surface area contributed by atoms with E-state index in [-0.39, 0.29) is 23.5 Å². The highest BCUT2D eigenvalue weighted by Gasteiger charge is 2.29. The summed E-state index contributed by atoms with van der Waals surface area (Å²) < 4.78 is 22.8. The number of aromatic nitrogens is 1. The van der Waals surface area contributed by atoms with Gasteiger partial charge in [0.1, 0.15) is 5.69 Å². The Morgan fingerprint density at radius 1 is 1.25 bits per heavy atom. The number of pyridine rings is 1. The number of rotatable bonds is 2. The molecular weight excluding hydrogens is 276 g/mol. The van der Waals surface area contributed by atoms with Crippen molar-refractivity contribution >= 4 is 26.5 Å². The zero-order valence-corrected chi connectivity index (χ0v) is 11.6. The first-order chi connectivity index (χ1) is 9.55. The lowest BCUT2D eigenvalue weighted by atomic mass is 10.1. The number of hydrogen-bond acceptors (Lipinski definition) is 4. The number of benzene rings is 1. The van der Waals surface area contributed by atoms with Gasteiger partial charge in [0.15, 0.2) is 9.84 Å². The van der Waals surface area contributed by atoms with E-state index in [9.17, 15) is 13.2 Å². The Morgan fingerprint density at radius 2 is 2.05 bits per heavy atom. The summed E-state index contributed by atoms with van der Waals surface area (Å²) in [5.41, 5.74) is 0.340. The van der Waals surface area contributed by atoms with Gasteiger partial charge in [0.05, 0.1) is 11.5 Å². The van der Waals surface area contributed by atoms with Crippen LogP contribution in [0.4, 0.5) is 0 Å². The Bertz CT molecular complexity index is 766. The van der Waals surface area contributed by atoms with Crippen LogP contribution < -0.4 is 5.32 Å². The number of carbonyl (C=O) groups is 1. The van der Waals surface area contributed by atoms with Crippen molar-refractivity contribution in [2.24, 2.45) is 0 Å². The largest absolute Gasteiger partial charge is 0.347 e. The second kappa shape index (κ2) is 4.86. The fraction of sp³-hybridized carbons (Fsp3) is 0.286. The summed E-state index contributed by atoms with van der Waals surface area (Å²) in [6.45, 7) is 0. The van der Waals surface area contributed by atoms with Crippen LogP contribution in [0.3, 0.4) is 0 Å². The molecule has 2 heterocycles. The van der Waals surface area contributed by atoms with Gasteiger partial charge in [-0.05, 0) is 17.9 Å². The SMILES string of the molecule is O=C(NC1CCS(=O)(=O)C1)c1nccc2ccccc12. The molecule has 5 nitrogen and oxygen atoms in total. The van der Waals surface area contributed by atoms with Gasteiger partial charge in [-0.25, -0.2) is 8.42 Å². The molecular formula is C14H14N2O3S. The molecule has 1 unspecified atom stereocenters. The summed E-state index contributed by atoms with van der Waals surface area (Å²) in [5, 5.41) is 4.47. The number of nitrogens with one attached hydrogen (secondary N) is 1. The highest BCUT2D eigenvalue weighted by Crippen LogP contribution is 2.17. The van der Waals surface area contributed by atoms with E-state index in [0.717, 1.165) is 10.8 Å². The van der Waals surface area contributed by atoms with Crippen LogP contribution in [0.25, 0.3) is 10.8 Å². The fourth-order valence-electron chi connectivity index (χ4n) is 2.46. The maximum Gasteiger partial charge on any atom is 0.270 e. The molecule has 1 aliphatic rings. The van der Waals surface area contributed by atoms with Crippen LogP contribution in [-0.2, 0) is 9.84 Å². The van der Waals surface area contributed by atoms with E-state index in [0.29, 0.717) is 12.1 Å². The Morgan fingerprint density at radius 3 is 2.80 bits per heavy atom. The van der Waals surface area contributed by atoms with Crippen LogP contribution in [0.5, 0.6) is 0 Å². The Hall–Kier alpha value is -1.95. The molecule has 3 rings (SSSR count). The zero-order valence-electron chi connectivity index (χ0n) is 10.7. The van der Waals surface area contributed by atoms with E-state index in [2.05, 4.69) is 10.3 Å². The highest BCUT2D eigenvalue weighted by molar-refractivity contribution is 7.91. The van der Waals surface area contributed by atoms with Gasteiger partial charge >= 0.3 is 0 Å². The molecule has 1 aliphatic heterocycles. The topological polar surface area (TPSA) is 76.1 Å². The molecule has 6 heteroatoms. The van der Waals surface area contributed by atoms with Gasteiger partial charge in [0, 0.05) is 17.6 Å². The van der Waals surface area contributed by atoms with Gasteiger partial charge in [-0.1, -0.05) is 24.3 Å². The second-order valence-corrected chi connectivity index (χ2v) is 7.18. The van der Waals surface area contributed by atoms with Crippen molar-refractivity contribution in [1.82, 2.24) is 10.3 Å². The maximum atomic E-state index is 12.3. The van der Waals surface area contributed by atoms with Crippen molar-refractivity contribution in [3.05, 3.63) is 42.2 Å². The number of nitrogens with zero attached hydrogens (tertiary/aromatic N) is 1. The minimum atomic E-state index is -3.00. The summed E-state index contributed by atoms with van der Waals surface area (Å²) in [6.07, 6.45) is 2.06. The quantitative estimate of drug-likeness (QED) is 0.900. The van der Waals surface area contributed by atoms with E-state index < -0.39 is 9.84 Å². The minimum Gasteiger partial charge on any atom is -0.347 e. The minimum absolute atomic E-state index is 0.0174. The normalized spacial score (nSPS) is 20.9. The van der Waals surface area contributed by atoms with Crippen LogP contribution in [0.2, 0.25) is 0 Å². The van der Waals surface area contributed by atoms with E-state index in [4.69, 9.17) is 0 Å². The molecule has 0 saturated carbocycles. The smallest absolute Gasteiger partial charge is 0.270 e. The number of amides is 1. The third-order valence-corrected chi connectivity index (χ3v) is 5.22. The molecule has 0 radical (unpaired) electrons. The van der Waals surface area contributed by atoms with Gasteiger partial charge in [-0.3, -0.25) is 9.78 Å². The average Bonchev–Trinajstić information content (AvgIpc) is 2.77. The predicted octanol–water partition coefficient (Wildman–Crippen LogP) is 1.15. The first kappa shape index (κ1) is 13.1. The maximum absolute atomic E-state index is 12.3. The van der Waals surface area contributed by atoms with Crippen molar-refractivity contribution < 1.29 is 13.2 Å². The third kappa shape index (κ3) is 2.51. The van der Waals surface area contributed by atoms with Crippen LogP contribution in [0.1, 0.15) is 16.9 Å². The van der Waals surface area contributed by atoms with Crippen LogP contribution in [0, 0.1) is 0 Å². The summed E-state index contributed by atoms with van der Waals surface area (Å²) in [4.78, 5) is 16.4. The molecule has 0 bridgehead atoms. The monoisotopic (exact) mass is 290 g/mol. The van der Waals surface area contributed by atoms with Crippen molar-refractivity contribution in [1.29, 1.82) is 0 Å². The van der Waals surface area contributed by atoms with Gasteiger partial charge in [-0.2, -0.15) is 0 Å². The van der Waals surface area contributed by atoms with Crippen LogP contribution >= 0.6 is 0 Å². The van der Waals surface area contributed by atoms with Crippen molar-refractivity contribution in [2.75, 3.05) is 11.5 Å². The molecule has 1 amide bonds. The van der Waals surface area contributed by atoms with Gasteiger partial charge in [-0.15, -0.1) is 0 Å². The van der Waals surface area contributed by atoms with Gasteiger partial charge < -0.3 is 5.32 Å². The second-order valence-electron chi connectivity index (χ2n) is 4.95. The molecule has 0 spiro atoms. The fourth-order valence-corrected chi connectivity index (χ4v) is 4.14. The van der Waals surface area contributed by atoms with E-state index in [1.807, 2.05) is 30.3 Å². The summed E-state index contributed by atoms with van der Waals surface area (Å²) in [6, 6.07) is 9.02. The third-order valence-electron chi connectivity index (χ3n) is 3.46. The highest BCUT2D eigenvalue weighted by atomic mass is 32.2. The Balaban J connectivity index is 1.86. The average molecular weight is 290 g/mol. The first-order valence-corrected chi connectivity index (χ1v) is 8.22. The van der Waals surface area contributed by atoms with Crippen molar-refractivity contribution in [3.63, 3.8) is 0 Å². The Kier molecular flexibility index (Phi) is 3.17. The molecule has 2 aromatic rings. The van der Waals surface area contributed by atoms with Gasteiger partial charge in [0.2, 0.25) is 0 Å². The molecule has 1 saturated heterocycles. The molecule has 1 fully saturated rings. The Labute approximate surface area is 116 Å². The molecule has 104 valence electrons. The van der Waals surface area contributed by atoms with Crippen molar-refractivity contribution in [2.45, 2.75) is 12.5 Å². The number of carbonyl (C=O) groups excluding carboxylic acids is 1. The van der Waals surface area contributed by atoms with E-state index >= 15 is 0 Å². The molecule has 1 N–H and O–H groups in total. The first-order valence-electron chi connectivity index (χ1n) is 6.40. The molecule has 20 heavy (non-hydrogen) atoms. The van der Waals surface area contributed by atoms with Crippen LogP contribution in [0.15, 0.2) is 36.5 Å². The lowest BCUT2D eigenvalue weighted by Gasteiger charge is -2.11. The lowest BCUT2D eigenvalue weighted by molar-refractivity contribution is 0.0938. The molecule has 1 aromatic carbocycles. The molecule has 1 aromatic heterocycles. The van der Waals surface area contributed by atoms with Crippen molar-refractivity contribution in [3.8, 4) is 0 Å². The summed E-state index contributed by atoms with van der Waals surface area (Å²) >= 11 is 0. The predicted molar refractivity (Wildman–Crippen MR) is 76.3 cm³/mol. The summed E-state index contributed by atoms with van der Waals surface area (Å²) in [7, 11) is -3.00. The molecule has 0 aliphatic carbocycles. The van der Waals surface area contributed by atoms with E-state index in [1.54, 1.807) is 6.20 Å². The molecule has 1 atom stereocenters. The lowest BCUT2D eigenvalue weighted by Crippen LogP contribution is -2.36. The number of fused-ring (bicyclic) bond motifs is 1.